The third kappa shape index (κ3) is 5.29. The monoisotopic (exact) mass is 399 g/mol. The van der Waals surface area contributed by atoms with Gasteiger partial charge in [0.25, 0.3) is 0 Å². The lowest BCUT2D eigenvalue weighted by Crippen LogP contribution is -2.11. The molecule has 0 amide bonds. The molecule has 0 saturated heterocycles. The van der Waals surface area contributed by atoms with Gasteiger partial charge in [-0.2, -0.15) is 0 Å². The molecule has 0 unspecified atom stereocenters. The minimum absolute atomic E-state index is 0.304. The Bertz CT molecular complexity index is 975. The fourth-order valence-corrected chi connectivity index (χ4v) is 3.99. The molecular formula is C27H29NO2. The van der Waals surface area contributed by atoms with Crippen LogP contribution in [0.3, 0.4) is 0 Å². The summed E-state index contributed by atoms with van der Waals surface area (Å²) in [4.78, 5) is 4.60. The van der Waals surface area contributed by atoms with Crippen molar-refractivity contribution in [2.24, 2.45) is 0 Å². The van der Waals surface area contributed by atoms with Crippen LogP contribution < -0.4 is 9.47 Å². The van der Waals surface area contributed by atoms with Crippen molar-refractivity contribution in [3.05, 3.63) is 89.2 Å². The third-order valence-corrected chi connectivity index (χ3v) is 5.67. The first-order chi connectivity index (χ1) is 14.8. The second kappa shape index (κ2) is 10.1. The molecule has 1 heterocycles. The highest BCUT2D eigenvalue weighted by Crippen LogP contribution is 2.33. The number of aryl methyl sites for hydroxylation is 2. The lowest BCUT2D eigenvalue weighted by atomic mass is 10.0. The van der Waals surface area contributed by atoms with E-state index in [0.717, 1.165) is 48.4 Å². The van der Waals surface area contributed by atoms with E-state index in [-0.39, 0.29) is 0 Å². The number of ether oxygens (including phenoxy) is 2. The smallest absolute Gasteiger partial charge is 0.162 e. The quantitative estimate of drug-likeness (QED) is 0.441. The van der Waals surface area contributed by atoms with Gasteiger partial charge >= 0.3 is 0 Å². The van der Waals surface area contributed by atoms with Crippen molar-refractivity contribution in [2.75, 3.05) is 7.11 Å². The van der Waals surface area contributed by atoms with Gasteiger partial charge in [-0.25, -0.2) is 0 Å². The Morgan fingerprint density at radius 2 is 1.73 bits per heavy atom. The lowest BCUT2D eigenvalue weighted by molar-refractivity contribution is 0.201. The minimum atomic E-state index is 0.304. The van der Waals surface area contributed by atoms with Crippen molar-refractivity contribution in [1.82, 2.24) is 4.98 Å². The molecule has 0 bridgehead atoms. The van der Waals surface area contributed by atoms with Crippen LogP contribution in [0.15, 0.2) is 66.9 Å². The zero-order valence-corrected chi connectivity index (χ0v) is 17.6. The van der Waals surface area contributed by atoms with Crippen LogP contribution >= 0.6 is 0 Å². The van der Waals surface area contributed by atoms with E-state index in [0.29, 0.717) is 6.10 Å². The van der Waals surface area contributed by atoms with Crippen LogP contribution in [0.25, 0.3) is 12.2 Å². The van der Waals surface area contributed by atoms with Crippen LogP contribution in [0.1, 0.15) is 48.1 Å². The second-order valence-corrected chi connectivity index (χ2v) is 7.80. The zero-order valence-electron chi connectivity index (χ0n) is 17.6. The van der Waals surface area contributed by atoms with Crippen molar-refractivity contribution in [3.8, 4) is 11.5 Å². The van der Waals surface area contributed by atoms with Gasteiger partial charge in [0.05, 0.1) is 18.9 Å². The molecule has 3 heteroatoms. The Morgan fingerprint density at radius 1 is 0.900 bits per heavy atom. The van der Waals surface area contributed by atoms with Gasteiger partial charge in [-0.05, 0) is 79.5 Å². The van der Waals surface area contributed by atoms with Crippen LogP contribution in [0.4, 0.5) is 0 Å². The van der Waals surface area contributed by atoms with E-state index in [9.17, 15) is 0 Å². The molecule has 1 aliphatic rings. The molecule has 0 spiro atoms. The molecule has 0 atom stereocenters. The SMILES string of the molecule is COc1ccc(C=Cc2ncccc2CCc2ccccc2)cc1OC1CCCC1. The predicted molar refractivity (Wildman–Crippen MR) is 123 cm³/mol. The van der Waals surface area contributed by atoms with Gasteiger partial charge < -0.3 is 9.47 Å². The third-order valence-electron chi connectivity index (χ3n) is 5.67. The first-order valence-electron chi connectivity index (χ1n) is 10.8. The molecule has 0 aliphatic heterocycles. The molecule has 154 valence electrons. The summed E-state index contributed by atoms with van der Waals surface area (Å²) in [5, 5.41) is 0. The highest BCUT2D eigenvalue weighted by atomic mass is 16.5. The minimum Gasteiger partial charge on any atom is -0.493 e. The first-order valence-corrected chi connectivity index (χ1v) is 10.8. The molecule has 30 heavy (non-hydrogen) atoms. The standard InChI is InChI=1S/C27H29NO2/c1-29-26-18-15-22(20-27(26)30-24-11-5-6-12-24)14-17-25-23(10-7-19-28-25)16-13-21-8-3-2-4-9-21/h2-4,7-10,14-15,17-20,24H,5-6,11-13,16H2,1H3. The normalized spacial score (nSPS) is 14.3. The van der Waals surface area contributed by atoms with Crippen LogP contribution in [-0.2, 0) is 12.8 Å². The average Bonchev–Trinajstić information content (AvgIpc) is 3.31. The van der Waals surface area contributed by atoms with Gasteiger partial charge in [-0.1, -0.05) is 48.5 Å². The average molecular weight is 400 g/mol. The van der Waals surface area contributed by atoms with Gasteiger partial charge in [-0.3, -0.25) is 4.98 Å². The van der Waals surface area contributed by atoms with E-state index in [1.54, 1.807) is 7.11 Å². The number of rotatable bonds is 8. The Labute approximate surface area is 179 Å². The van der Waals surface area contributed by atoms with E-state index >= 15 is 0 Å². The Hall–Kier alpha value is -3.07. The van der Waals surface area contributed by atoms with Crippen LogP contribution in [0.5, 0.6) is 11.5 Å². The maximum atomic E-state index is 6.23. The van der Waals surface area contributed by atoms with E-state index < -0.39 is 0 Å². The van der Waals surface area contributed by atoms with Crippen LogP contribution in [0.2, 0.25) is 0 Å². The van der Waals surface area contributed by atoms with Gasteiger partial charge in [0.2, 0.25) is 0 Å². The molecule has 1 aliphatic carbocycles. The Kier molecular flexibility index (Phi) is 6.81. The summed E-state index contributed by atoms with van der Waals surface area (Å²) in [6.07, 6.45) is 13.1. The van der Waals surface area contributed by atoms with Crippen molar-refractivity contribution in [3.63, 3.8) is 0 Å². The summed E-state index contributed by atoms with van der Waals surface area (Å²) in [5.74, 6) is 1.62. The summed E-state index contributed by atoms with van der Waals surface area (Å²) in [7, 11) is 1.69. The number of hydrogen-bond donors (Lipinski definition) is 0. The van der Waals surface area contributed by atoms with Gasteiger partial charge in [0.15, 0.2) is 11.5 Å². The maximum absolute atomic E-state index is 6.23. The number of pyridine rings is 1. The van der Waals surface area contributed by atoms with E-state index in [4.69, 9.17) is 9.47 Å². The molecule has 0 radical (unpaired) electrons. The molecule has 3 aromatic rings. The Balaban J connectivity index is 1.49. The predicted octanol–water partition coefficient (Wildman–Crippen LogP) is 6.37. The summed E-state index contributed by atoms with van der Waals surface area (Å²) in [6, 6.07) is 20.9. The number of methoxy groups -OCH3 is 1. The highest BCUT2D eigenvalue weighted by molar-refractivity contribution is 5.70. The Morgan fingerprint density at radius 3 is 2.53 bits per heavy atom. The van der Waals surface area contributed by atoms with Crippen molar-refractivity contribution in [1.29, 1.82) is 0 Å². The molecule has 3 nitrogen and oxygen atoms in total. The van der Waals surface area contributed by atoms with Gasteiger partial charge in [0.1, 0.15) is 0 Å². The van der Waals surface area contributed by atoms with Crippen LogP contribution in [0, 0.1) is 0 Å². The highest BCUT2D eigenvalue weighted by Gasteiger charge is 2.18. The van der Waals surface area contributed by atoms with Crippen molar-refractivity contribution in [2.45, 2.75) is 44.6 Å². The summed E-state index contributed by atoms with van der Waals surface area (Å²) in [6.45, 7) is 0. The summed E-state index contributed by atoms with van der Waals surface area (Å²) >= 11 is 0. The van der Waals surface area contributed by atoms with E-state index in [1.165, 1.54) is 24.0 Å². The van der Waals surface area contributed by atoms with Crippen molar-refractivity contribution >= 4 is 12.2 Å². The molecule has 1 aromatic heterocycles. The number of hydrogen-bond acceptors (Lipinski definition) is 3. The molecule has 1 fully saturated rings. The fourth-order valence-electron chi connectivity index (χ4n) is 3.99. The van der Waals surface area contributed by atoms with E-state index in [1.807, 2.05) is 18.3 Å². The molecule has 2 aromatic carbocycles. The van der Waals surface area contributed by atoms with Gasteiger partial charge in [0, 0.05) is 6.20 Å². The number of nitrogens with zero attached hydrogens (tertiary/aromatic N) is 1. The molecule has 1 saturated carbocycles. The summed E-state index contributed by atoms with van der Waals surface area (Å²) < 4.78 is 11.7. The lowest BCUT2D eigenvalue weighted by Gasteiger charge is -2.16. The first kappa shape index (κ1) is 20.2. The molecule has 0 N–H and O–H groups in total. The number of benzene rings is 2. The zero-order chi connectivity index (χ0) is 20.6. The van der Waals surface area contributed by atoms with E-state index in [2.05, 4.69) is 65.7 Å². The fraction of sp³-hybridized carbons (Fsp3) is 0.296. The topological polar surface area (TPSA) is 31.4 Å². The summed E-state index contributed by atoms with van der Waals surface area (Å²) in [5.41, 5.74) is 4.71. The molecular weight excluding hydrogens is 370 g/mol. The van der Waals surface area contributed by atoms with Crippen LogP contribution in [-0.4, -0.2) is 18.2 Å². The van der Waals surface area contributed by atoms with Crippen molar-refractivity contribution < 1.29 is 9.47 Å². The van der Waals surface area contributed by atoms with Gasteiger partial charge in [-0.15, -0.1) is 0 Å². The second-order valence-electron chi connectivity index (χ2n) is 7.80. The molecule has 4 rings (SSSR count). The largest absolute Gasteiger partial charge is 0.493 e. The number of aromatic nitrogens is 1. The maximum Gasteiger partial charge on any atom is 0.162 e.